The van der Waals surface area contributed by atoms with Gasteiger partial charge >= 0.3 is 0 Å². The van der Waals surface area contributed by atoms with Crippen molar-refractivity contribution in [1.29, 1.82) is 0 Å². The Morgan fingerprint density at radius 1 is 1.38 bits per heavy atom. The van der Waals surface area contributed by atoms with Crippen molar-refractivity contribution in [3.8, 4) is 0 Å². The van der Waals surface area contributed by atoms with Gasteiger partial charge in [-0.1, -0.05) is 13.8 Å². The molecule has 0 amide bonds. The number of nitrogens with zero attached hydrogens (tertiary/aromatic N) is 1. The van der Waals surface area contributed by atoms with E-state index in [4.69, 9.17) is 5.73 Å². The summed E-state index contributed by atoms with van der Waals surface area (Å²) in [4.78, 5) is 0. The van der Waals surface area contributed by atoms with Crippen molar-refractivity contribution in [2.24, 2.45) is 22.7 Å². The van der Waals surface area contributed by atoms with Crippen molar-refractivity contribution in [3.05, 3.63) is 0 Å². The van der Waals surface area contributed by atoms with Gasteiger partial charge in [0, 0.05) is 17.7 Å². The van der Waals surface area contributed by atoms with Gasteiger partial charge in [-0.3, -0.25) is 0 Å². The average molecular weight is 226 g/mol. The standard InChI is InChI=1S/C12H26N4/c1-8(2)9(3)15-16-11-7-5-6-10(11)12(13)14-4/h8-10,12,14-15H,5-7,13H2,1-4H3/b16-11-/t9-,10?,12?/m0/s1. The van der Waals surface area contributed by atoms with Gasteiger partial charge < -0.3 is 16.5 Å². The van der Waals surface area contributed by atoms with E-state index in [1.807, 2.05) is 7.05 Å². The molecule has 0 bridgehead atoms. The van der Waals surface area contributed by atoms with E-state index in [-0.39, 0.29) is 6.17 Å². The largest absolute Gasteiger partial charge is 0.315 e. The van der Waals surface area contributed by atoms with Crippen LogP contribution in [0.2, 0.25) is 0 Å². The second kappa shape index (κ2) is 6.21. The Balaban J connectivity index is 2.54. The van der Waals surface area contributed by atoms with E-state index in [0.717, 1.165) is 12.8 Å². The molecule has 0 aromatic rings. The predicted molar refractivity (Wildman–Crippen MR) is 69.2 cm³/mol. The number of hydrazone groups is 1. The Morgan fingerprint density at radius 2 is 2.06 bits per heavy atom. The van der Waals surface area contributed by atoms with E-state index in [0.29, 0.717) is 17.9 Å². The quantitative estimate of drug-likeness (QED) is 0.489. The van der Waals surface area contributed by atoms with Crippen LogP contribution < -0.4 is 16.5 Å². The van der Waals surface area contributed by atoms with Crippen LogP contribution in [-0.2, 0) is 0 Å². The molecular formula is C12H26N4. The highest BCUT2D eigenvalue weighted by Crippen LogP contribution is 2.23. The first-order valence-electron chi connectivity index (χ1n) is 6.31. The Labute approximate surface area is 99.1 Å². The molecule has 0 radical (unpaired) electrons. The van der Waals surface area contributed by atoms with Crippen LogP contribution in [0.15, 0.2) is 5.10 Å². The zero-order valence-corrected chi connectivity index (χ0v) is 11.0. The molecule has 94 valence electrons. The van der Waals surface area contributed by atoms with Crippen LogP contribution in [0.4, 0.5) is 0 Å². The van der Waals surface area contributed by atoms with Gasteiger partial charge in [-0.2, -0.15) is 5.10 Å². The van der Waals surface area contributed by atoms with Crippen molar-refractivity contribution >= 4 is 5.71 Å². The molecule has 0 aromatic carbocycles. The van der Waals surface area contributed by atoms with E-state index in [1.165, 1.54) is 12.1 Å². The van der Waals surface area contributed by atoms with E-state index in [2.05, 4.69) is 36.6 Å². The second-order valence-corrected chi connectivity index (χ2v) is 5.08. The zero-order chi connectivity index (χ0) is 12.1. The summed E-state index contributed by atoms with van der Waals surface area (Å²) < 4.78 is 0. The molecule has 2 unspecified atom stereocenters. The third-order valence-electron chi connectivity index (χ3n) is 3.55. The van der Waals surface area contributed by atoms with Gasteiger partial charge in [0.05, 0.1) is 6.17 Å². The third-order valence-corrected chi connectivity index (χ3v) is 3.55. The molecule has 4 heteroatoms. The summed E-state index contributed by atoms with van der Waals surface area (Å²) in [7, 11) is 1.91. The molecule has 0 aliphatic heterocycles. The van der Waals surface area contributed by atoms with Crippen molar-refractivity contribution in [1.82, 2.24) is 10.7 Å². The van der Waals surface area contributed by atoms with Crippen LogP contribution in [0, 0.1) is 11.8 Å². The summed E-state index contributed by atoms with van der Waals surface area (Å²) in [6.07, 6.45) is 3.48. The molecule has 16 heavy (non-hydrogen) atoms. The van der Waals surface area contributed by atoms with Crippen molar-refractivity contribution in [3.63, 3.8) is 0 Å². The highest BCUT2D eigenvalue weighted by atomic mass is 15.3. The number of nitrogens with two attached hydrogens (primary N) is 1. The van der Waals surface area contributed by atoms with Gasteiger partial charge in [0.1, 0.15) is 0 Å². The fraction of sp³-hybridized carbons (Fsp3) is 0.917. The summed E-state index contributed by atoms with van der Waals surface area (Å²) in [5, 5.41) is 7.66. The molecule has 0 aromatic heterocycles. The molecule has 3 atom stereocenters. The lowest BCUT2D eigenvalue weighted by molar-refractivity contribution is 0.430. The second-order valence-electron chi connectivity index (χ2n) is 5.08. The Hall–Kier alpha value is -0.610. The van der Waals surface area contributed by atoms with Crippen LogP contribution in [0.3, 0.4) is 0 Å². The van der Waals surface area contributed by atoms with Crippen LogP contribution in [-0.4, -0.2) is 25.0 Å². The van der Waals surface area contributed by atoms with E-state index in [9.17, 15) is 0 Å². The molecule has 4 N–H and O–H groups in total. The first-order chi connectivity index (χ1) is 7.56. The van der Waals surface area contributed by atoms with Crippen LogP contribution in [0.5, 0.6) is 0 Å². The summed E-state index contributed by atoms with van der Waals surface area (Å²) in [5.74, 6) is 0.999. The lowest BCUT2D eigenvalue weighted by Crippen LogP contribution is -2.43. The van der Waals surface area contributed by atoms with Crippen LogP contribution >= 0.6 is 0 Å². The lowest BCUT2D eigenvalue weighted by Gasteiger charge is -2.21. The van der Waals surface area contributed by atoms with Gasteiger partial charge in [0.2, 0.25) is 0 Å². The van der Waals surface area contributed by atoms with E-state index >= 15 is 0 Å². The molecule has 1 aliphatic carbocycles. The smallest absolute Gasteiger partial charge is 0.0627 e. The molecule has 1 fully saturated rings. The SMILES string of the molecule is CNC(N)C1CCC/C1=N/N[C@@H](C)C(C)C. The minimum atomic E-state index is 0.0393. The maximum absolute atomic E-state index is 6.02. The molecule has 1 rings (SSSR count). The highest BCUT2D eigenvalue weighted by molar-refractivity contribution is 5.88. The van der Waals surface area contributed by atoms with Gasteiger partial charge in [-0.15, -0.1) is 0 Å². The number of hydrogen-bond donors (Lipinski definition) is 3. The van der Waals surface area contributed by atoms with Gasteiger partial charge in [0.25, 0.3) is 0 Å². The van der Waals surface area contributed by atoms with Crippen molar-refractivity contribution < 1.29 is 0 Å². The fourth-order valence-corrected chi connectivity index (χ4v) is 1.92. The fourth-order valence-electron chi connectivity index (χ4n) is 1.92. The maximum atomic E-state index is 6.02. The first-order valence-corrected chi connectivity index (χ1v) is 6.31. The van der Waals surface area contributed by atoms with Crippen LogP contribution in [0.1, 0.15) is 40.0 Å². The molecule has 1 saturated carbocycles. The highest BCUT2D eigenvalue weighted by Gasteiger charge is 2.27. The number of rotatable bonds is 5. The van der Waals surface area contributed by atoms with Gasteiger partial charge in [0.15, 0.2) is 0 Å². The first kappa shape index (κ1) is 13.5. The van der Waals surface area contributed by atoms with Gasteiger partial charge in [-0.25, -0.2) is 0 Å². The van der Waals surface area contributed by atoms with Crippen LogP contribution in [0.25, 0.3) is 0 Å². The van der Waals surface area contributed by atoms with E-state index in [1.54, 1.807) is 0 Å². The monoisotopic (exact) mass is 226 g/mol. The maximum Gasteiger partial charge on any atom is 0.0627 e. The lowest BCUT2D eigenvalue weighted by atomic mass is 10.0. The van der Waals surface area contributed by atoms with Crippen molar-refractivity contribution in [2.45, 2.75) is 52.2 Å². The molecule has 0 saturated heterocycles. The zero-order valence-electron chi connectivity index (χ0n) is 11.0. The molecule has 0 spiro atoms. The summed E-state index contributed by atoms with van der Waals surface area (Å²) in [5.41, 5.74) is 10.5. The summed E-state index contributed by atoms with van der Waals surface area (Å²) in [6, 6.07) is 0.416. The molecule has 0 heterocycles. The summed E-state index contributed by atoms with van der Waals surface area (Å²) in [6.45, 7) is 6.56. The Bertz CT molecular complexity index is 237. The summed E-state index contributed by atoms with van der Waals surface area (Å²) >= 11 is 0. The van der Waals surface area contributed by atoms with E-state index < -0.39 is 0 Å². The predicted octanol–water partition coefficient (Wildman–Crippen LogP) is 1.28. The third kappa shape index (κ3) is 3.46. The number of hydrogen-bond acceptors (Lipinski definition) is 4. The molecule has 4 nitrogen and oxygen atoms in total. The Morgan fingerprint density at radius 3 is 2.62 bits per heavy atom. The normalized spacial score (nSPS) is 27.4. The minimum Gasteiger partial charge on any atom is -0.315 e. The van der Waals surface area contributed by atoms with Gasteiger partial charge in [-0.05, 0) is 39.2 Å². The number of nitrogens with one attached hydrogen (secondary N) is 2. The molecular weight excluding hydrogens is 200 g/mol. The topological polar surface area (TPSA) is 62.4 Å². The Kier molecular flexibility index (Phi) is 5.22. The minimum absolute atomic E-state index is 0.0393. The molecule has 1 aliphatic rings. The van der Waals surface area contributed by atoms with Crippen molar-refractivity contribution in [2.75, 3.05) is 7.05 Å². The average Bonchev–Trinajstić information content (AvgIpc) is 2.72.